The molecule has 3 nitrogen and oxygen atoms in total. The average molecular weight is 333 g/mol. The number of rotatable bonds is 6. The highest BCUT2D eigenvalue weighted by atomic mass is 15.1. The molecule has 130 valence electrons. The minimum atomic E-state index is 0.676. The number of piperidine rings is 1. The Morgan fingerprint density at radius 2 is 1.92 bits per heavy atom. The van der Waals surface area contributed by atoms with Crippen LogP contribution >= 0.6 is 0 Å². The van der Waals surface area contributed by atoms with Crippen LogP contribution in [0.5, 0.6) is 0 Å². The van der Waals surface area contributed by atoms with E-state index in [9.17, 15) is 0 Å². The van der Waals surface area contributed by atoms with Crippen LogP contribution in [-0.4, -0.2) is 30.8 Å². The smallest absolute Gasteiger partial charge is 0.0552 e. The zero-order valence-corrected chi connectivity index (χ0v) is 14.8. The summed E-state index contributed by atoms with van der Waals surface area (Å²) in [6.45, 7) is 3.30. The second kappa shape index (κ2) is 7.81. The Bertz CT molecular complexity index is 675. The third-order valence-electron chi connectivity index (χ3n) is 5.66. The summed E-state index contributed by atoms with van der Waals surface area (Å²) in [5.41, 5.74) is 2.74. The summed E-state index contributed by atoms with van der Waals surface area (Å²) >= 11 is 0. The highest BCUT2D eigenvalue weighted by Gasteiger charge is 2.36. The van der Waals surface area contributed by atoms with Crippen molar-refractivity contribution in [2.45, 2.75) is 31.6 Å². The van der Waals surface area contributed by atoms with E-state index in [1.807, 2.05) is 18.5 Å². The number of benzene rings is 1. The molecule has 2 heterocycles. The van der Waals surface area contributed by atoms with E-state index in [4.69, 9.17) is 4.99 Å². The van der Waals surface area contributed by atoms with Gasteiger partial charge in [-0.15, -0.1) is 0 Å². The van der Waals surface area contributed by atoms with Gasteiger partial charge in [-0.05, 0) is 55.2 Å². The molecule has 2 atom stereocenters. The van der Waals surface area contributed by atoms with Crippen LogP contribution in [0.2, 0.25) is 0 Å². The molecular formula is C22H27N3. The van der Waals surface area contributed by atoms with E-state index in [1.165, 1.54) is 36.9 Å². The molecule has 2 fully saturated rings. The molecular weight excluding hydrogens is 306 g/mol. The third kappa shape index (κ3) is 4.28. The number of aromatic nitrogens is 1. The average Bonchev–Trinajstić information content (AvgIpc) is 3.47. The van der Waals surface area contributed by atoms with Crippen LogP contribution in [0.25, 0.3) is 0 Å². The van der Waals surface area contributed by atoms with Crippen molar-refractivity contribution in [2.24, 2.45) is 16.8 Å². The molecule has 2 aromatic rings. The van der Waals surface area contributed by atoms with Gasteiger partial charge in [-0.25, -0.2) is 0 Å². The lowest BCUT2D eigenvalue weighted by Gasteiger charge is -2.33. The van der Waals surface area contributed by atoms with Gasteiger partial charge in [0.15, 0.2) is 0 Å². The number of pyridine rings is 1. The van der Waals surface area contributed by atoms with Crippen molar-refractivity contribution in [1.82, 2.24) is 4.98 Å². The van der Waals surface area contributed by atoms with Gasteiger partial charge in [-0.2, -0.15) is 0 Å². The van der Waals surface area contributed by atoms with Crippen molar-refractivity contribution in [3.05, 3.63) is 60.4 Å². The lowest BCUT2D eigenvalue weighted by Crippen LogP contribution is -2.33. The van der Waals surface area contributed by atoms with E-state index in [-0.39, 0.29) is 0 Å². The SMILES string of the molecule is C(=NCCC1CCN(c2cccnc2)CC1)C1C[C@H]1c1ccccc1. The maximum absolute atomic E-state index is 4.73. The molecule has 1 unspecified atom stereocenters. The van der Waals surface area contributed by atoms with Crippen LogP contribution in [0.1, 0.15) is 37.2 Å². The lowest BCUT2D eigenvalue weighted by molar-refractivity contribution is 0.386. The van der Waals surface area contributed by atoms with Gasteiger partial charge in [0, 0.05) is 38.0 Å². The summed E-state index contributed by atoms with van der Waals surface area (Å²) in [6, 6.07) is 15.0. The van der Waals surface area contributed by atoms with Gasteiger partial charge >= 0.3 is 0 Å². The van der Waals surface area contributed by atoms with Crippen molar-refractivity contribution in [3.8, 4) is 0 Å². The first-order valence-corrected chi connectivity index (χ1v) is 9.60. The van der Waals surface area contributed by atoms with E-state index in [0.717, 1.165) is 25.6 Å². The Kier molecular flexibility index (Phi) is 5.10. The van der Waals surface area contributed by atoms with E-state index in [1.54, 1.807) is 0 Å². The first-order valence-electron chi connectivity index (χ1n) is 9.60. The maximum Gasteiger partial charge on any atom is 0.0552 e. The number of anilines is 1. The van der Waals surface area contributed by atoms with E-state index in [2.05, 4.69) is 52.5 Å². The predicted octanol–water partition coefficient (Wildman–Crippen LogP) is 4.56. The Hall–Kier alpha value is -2.16. The third-order valence-corrected chi connectivity index (χ3v) is 5.66. The molecule has 1 saturated heterocycles. The molecule has 0 amide bonds. The molecule has 1 aliphatic heterocycles. The topological polar surface area (TPSA) is 28.5 Å². The van der Waals surface area contributed by atoms with Gasteiger partial charge in [-0.1, -0.05) is 30.3 Å². The fourth-order valence-electron chi connectivity index (χ4n) is 3.95. The maximum atomic E-state index is 4.73. The Labute approximate surface area is 150 Å². The standard InChI is InChI=1S/C22H27N3/c1-2-5-19(6-3-1)22-15-20(22)16-24-12-8-18-9-13-25(14-10-18)21-7-4-11-23-17-21/h1-7,11,16-18,20,22H,8-10,12-15H2/t20?,22-/m0/s1. The molecule has 25 heavy (non-hydrogen) atoms. The van der Waals surface area contributed by atoms with Crippen LogP contribution < -0.4 is 4.90 Å². The van der Waals surface area contributed by atoms with Crippen molar-refractivity contribution >= 4 is 11.9 Å². The highest BCUT2D eigenvalue weighted by Crippen LogP contribution is 2.46. The molecule has 2 aliphatic rings. The van der Waals surface area contributed by atoms with Crippen LogP contribution in [0.3, 0.4) is 0 Å². The van der Waals surface area contributed by atoms with E-state index < -0.39 is 0 Å². The van der Waals surface area contributed by atoms with Crippen LogP contribution in [0.15, 0.2) is 59.9 Å². The van der Waals surface area contributed by atoms with Crippen LogP contribution in [0, 0.1) is 11.8 Å². The molecule has 0 radical (unpaired) electrons. The number of hydrogen-bond acceptors (Lipinski definition) is 3. The zero-order chi connectivity index (χ0) is 16.9. The van der Waals surface area contributed by atoms with Gasteiger partial charge in [-0.3, -0.25) is 9.98 Å². The lowest BCUT2D eigenvalue weighted by atomic mass is 9.93. The Morgan fingerprint density at radius 1 is 1.08 bits per heavy atom. The van der Waals surface area contributed by atoms with Crippen LogP contribution in [0.4, 0.5) is 5.69 Å². The van der Waals surface area contributed by atoms with E-state index in [0.29, 0.717) is 11.8 Å². The molecule has 1 aromatic heterocycles. The summed E-state index contributed by atoms with van der Waals surface area (Å²) in [6.07, 6.45) is 11.1. The molecule has 0 N–H and O–H groups in total. The molecule has 1 saturated carbocycles. The minimum absolute atomic E-state index is 0.676. The van der Waals surface area contributed by atoms with Crippen LogP contribution in [-0.2, 0) is 0 Å². The fourth-order valence-corrected chi connectivity index (χ4v) is 3.95. The molecule has 1 aliphatic carbocycles. The quantitative estimate of drug-likeness (QED) is 0.725. The number of hydrogen-bond donors (Lipinski definition) is 0. The largest absolute Gasteiger partial charge is 0.370 e. The summed E-state index contributed by atoms with van der Waals surface area (Å²) in [5, 5.41) is 0. The van der Waals surface area contributed by atoms with E-state index >= 15 is 0 Å². The fraction of sp³-hybridized carbons (Fsp3) is 0.455. The Morgan fingerprint density at radius 3 is 2.68 bits per heavy atom. The first kappa shape index (κ1) is 16.3. The van der Waals surface area contributed by atoms with Crippen molar-refractivity contribution < 1.29 is 0 Å². The minimum Gasteiger partial charge on any atom is -0.370 e. The normalized spacial score (nSPS) is 23.9. The summed E-state index contributed by atoms with van der Waals surface area (Å²) in [4.78, 5) is 11.4. The van der Waals surface area contributed by atoms with Gasteiger partial charge < -0.3 is 4.90 Å². The summed E-state index contributed by atoms with van der Waals surface area (Å²) in [5.74, 6) is 2.22. The first-order chi connectivity index (χ1) is 12.4. The van der Waals surface area contributed by atoms with Crippen molar-refractivity contribution in [3.63, 3.8) is 0 Å². The zero-order valence-electron chi connectivity index (χ0n) is 14.8. The molecule has 0 bridgehead atoms. The molecule has 0 spiro atoms. The van der Waals surface area contributed by atoms with Gasteiger partial charge in [0.1, 0.15) is 0 Å². The number of aliphatic imine (C=N–C) groups is 1. The van der Waals surface area contributed by atoms with Gasteiger partial charge in [0.25, 0.3) is 0 Å². The molecule has 4 rings (SSSR count). The molecule has 3 heteroatoms. The monoisotopic (exact) mass is 333 g/mol. The van der Waals surface area contributed by atoms with Gasteiger partial charge in [0.2, 0.25) is 0 Å². The summed E-state index contributed by atoms with van der Waals surface area (Å²) < 4.78 is 0. The Balaban J connectivity index is 1.16. The van der Waals surface area contributed by atoms with Gasteiger partial charge in [0.05, 0.1) is 11.9 Å². The highest BCUT2D eigenvalue weighted by molar-refractivity contribution is 5.67. The number of nitrogens with zero attached hydrogens (tertiary/aromatic N) is 3. The predicted molar refractivity (Wildman–Crippen MR) is 104 cm³/mol. The second-order valence-corrected chi connectivity index (χ2v) is 7.40. The second-order valence-electron chi connectivity index (χ2n) is 7.40. The van der Waals surface area contributed by atoms with Crippen molar-refractivity contribution in [2.75, 3.05) is 24.5 Å². The molecule has 1 aromatic carbocycles. The van der Waals surface area contributed by atoms with Crippen molar-refractivity contribution in [1.29, 1.82) is 0 Å². The summed E-state index contributed by atoms with van der Waals surface area (Å²) in [7, 11) is 0.